The van der Waals surface area contributed by atoms with Crippen molar-refractivity contribution in [2.75, 3.05) is 5.75 Å². The smallest absolute Gasteiger partial charge is 0.313 e. The van der Waals surface area contributed by atoms with Gasteiger partial charge >= 0.3 is 5.97 Å². The normalized spacial score (nSPS) is 22.7. The topological polar surface area (TPSA) is 68.0 Å². The Morgan fingerprint density at radius 2 is 2.00 bits per heavy atom. The minimum absolute atomic E-state index is 0.0422. The Kier molecular flexibility index (Phi) is 5.67. The van der Waals surface area contributed by atoms with E-state index < -0.39 is 5.97 Å². The SMILES string of the molecule is CCC1CCC(n2c(SCC(=O)O)nnc2C(C)C)CC1. The van der Waals surface area contributed by atoms with E-state index in [0.717, 1.165) is 29.7 Å². The summed E-state index contributed by atoms with van der Waals surface area (Å²) < 4.78 is 2.21. The fourth-order valence-corrected chi connectivity index (χ4v) is 3.79. The van der Waals surface area contributed by atoms with Gasteiger partial charge in [-0.3, -0.25) is 4.79 Å². The molecule has 2 rings (SSSR count). The van der Waals surface area contributed by atoms with E-state index in [0.29, 0.717) is 12.0 Å². The largest absolute Gasteiger partial charge is 0.481 e. The molecule has 1 aliphatic carbocycles. The summed E-state index contributed by atoms with van der Waals surface area (Å²) in [5.74, 6) is 1.37. The van der Waals surface area contributed by atoms with Gasteiger partial charge in [-0.15, -0.1) is 10.2 Å². The second-order valence-electron chi connectivity index (χ2n) is 6.13. The number of aromatic nitrogens is 3. The Hall–Kier alpha value is -1.04. The number of rotatable bonds is 6. The van der Waals surface area contributed by atoms with Gasteiger partial charge in [-0.2, -0.15) is 0 Å². The van der Waals surface area contributed by atoms with Gasteiger partial charge in [0, 0.05) is 12.0 Å². The van der Waals surface area contributed by atoms with Crippen molar-refractivity contribution in [2.45, 2.75) is 70.0 Å². The number of thioether (sulfide) groups is 1. The van der Waals surface area contributed by atoms with Crippen molar-refractivity contribution in [1.82, 2.24) is 14.8 Å². The van der Waals surface area contributed by atoms with Crippen LogP contribution in [0.1, 0.15) is 70.7 Å². The lowest BCUT2D eigenvalue weighted by Crippen LogP contribution is -2.21. The van der Waals surface area contributed by atoms with Crippen molar-refractivity contribution < 1.29 is 9.90 Å². The lowest BCUT2D eigenvalue weighted by atomic mass is 9.84. The van der Waals surface area contributed by atoms with Crippen LogP contribution >= 0.6 is 11.8 Å². The van der Waals surface area contributed by atoms with Gasteiger partial charge in [0.25, 0.3) is 0 Å². The molecule has 1 aromatic heterocycles. The average Bonchev–Trinajstić information content (AvgIpc) is 2.89. The van der Waals surface area contributed by atoms with Crippen LogP contribution in [-0.2, 0) is 4.79 Å². The molecular weight excluding hydrogens is 286 g/mol. The molecule has 0 unspecified atom stereocenters. The van der Waals surface area contributed by atoms with Crippen LogP contribution < -0.4 is 0 Å². The van der Waals surface area contributed by atoms with Crippen molar-refractivity contribution in [2.24, 2.45) is 5.92 Å². The standard InChI is InChI=1S/C15H25N3O2S/c1-4-11-5-7-12(8-6-11)18-14(10(2)3)16-17-15(18)21-9-13(19)20/h10-12H,4-9H2,1-3H3,(H,19,20). The first kappa shape index (κ1) is 16.3. The van der Waals surface area contributed by atoms with Crippen LogP contribution in [0, 0.1) is 5.92 Å². The summed E-state index contributed by atoms with van der Waals surface area (Å²) in [6, 6.07) is 0.427. The van der Waals surface area contributed by atoms with E-state index >= 15 is 0 Å². The van der Waals surface area contributed by atoms with E-state index in [-0.39, 0.29) is 5.75 Å². The molecule has 1 heterocycles. The first-order chi connectivity index (χ1) is 10.0. The quantitative estimate of drug-likeness (QED) is 0.811. The number of carboxylic acid groups (broad SMARTS) is 1. The maximum atomic E-state index is 10.8. The molecule has 1 aromatic rings. The van der Waals surface area contributed by atoms with Crippen LogP contribution in [0.25, 0.3) is 0 Å². The van der Waals surface area contributed by atoms with Gasteiger partial charge in [0.2, 0.25) is 0 Å². The van der Waals surface area contributed by atoms with Crippen LogP contribution in [0.15, 0.2) is 5.16 Å². The number of carboxylic acids is 1. The molecule has 6 heteroatoms. The lowest BCUT2D eigenvalue weighted by molar-refractivity contribution is -0.133. The molecule has 118 valence electrons. The van der Waals surface area contributed by atoms with Crippen LogP contribution in [0.4, 0.5) is 0 Å². The molecule has 0 aromatic carbocycles. The predicted molar refractivity (Wildman–Crippen MR) is 83.8 cm³/mol. The predicted octanol–water partition coefficient (Wildman–Crippen LogP) is 3.72. The van der Waals surface area contributed by atoms with Crippen molar-refractivity contribution in [3.8, 4) is 0 Å². The Labute approximate surface area is 130 Å². The summed E-state index contributed by atoms with van der Waals surface area (Å²) >= 11 is 1.28. The maximum absolute atomic E-state index is 10.8. The molecular formula is C15H25N3O2S. The van der Waals surface area contributed by atoms with Gasteiger partial charge < -0.3 is 9.67 Å². The van der Waals surface area contributed by atoms with Gasteiger partial charge in [-0.05, 0) is 31.6 Å². The summed E-state index contributed by atoms with van der Waals surface area (Å²) in [6.45, 7) is 6.49. The molecule has 0 bridgehead atoms. The second kappa shape index (κ2) is 7.29. The minimum atomic E-state index is -0.810. The highest BCUT2D eigenvalue weighted by Crippen LogP contribution is 2.37. The third-order valence-electron chi connectivity index (χ3n) is 4.29. The molecule has 1 fully saturated rings. The fraction of sp³-hybridized carbons (Fsp3) is 0.800. The van der Waals surface area contributed by atoms with E-state index in [1.54, 1.807) is 0 Å². The van der Waals surface area contributed by atoms with Crippen LogP contribution in [0.2, 0.25) is 0 Å². The van der Waals surface area contributed by atoms with Crippen molar-refractivity contribution >= 4 is 17.7 Å². The Morgan fingerprint density at radius 3 is 2.52 bits per heavy atom. The van der Waals surface area contributed by atoms with Crippen LogP contribution in [-0.4, -0.2) is 31.6 Å². The number of carbonyl (C=O) groups is 1. The van der Waals surface area contributed by atoms with Crippen molar-refractivity contribution in [3.63, 3.8) is 0 Å². The summed E-state index contributed by atoms with van der Waals surface area (Å²) in [6.07, 6.45) is 6.06. The highest BCUT2D eigenvalue weighted by Gasteiger charge is 2.27. The zero-order chi connectivity index (χ0) is 15.4. The lowest BCUT2D eigenvalue weighted by Gasteiger charge is -2.30. The van der Waals surface area contributed by atoms with E-state index in [4.69, 9.17) is 5.11 Å². The highest BCUT2D eigenvalue weighted by atomic mass is 32.2. The molecule has 21 heavy (non-hydrogen) atoms. The Bertz CT molecular complexity index is 479. The van der Waals surface area contributed by atoms with Crippen molar-refractivity contribution in [1.29, 1.82) is 0 Å². The molecule has 0 amide bonds. The van der Waals surface area contributed by atoms with E-state index in [1.807, 2.05) is 0 Å². The first-order valence-electron chi connectivity index (χ1n) is 7.82. The number of nitrogens with zero attached hydrogens (tertiary/aromatic N) is 3. The van der Waals surface area contributed by atoms with Crippen LogP contribution in [0.3, 0.4) is 0 Å². The second-order valence-corrected chi connectivity index (χ2v) is 7.07. The zero-order valence-electron chi connectivity index (χ0n) is 13.1. The van der Waals surface area contributed by atoms with Gasteiger partial charge in [-0.25, -0.2) is 0 Å². The highest BCUT2D eigenvalue weighted by molar-refractivity contribution is 7.99. The number of hydrogen-bond donors (Lipinski definition) is 1. The molecule has 0 atom stereocenters. The third kappa shape index (κ3) is 3.99. The molecule has 0 radical (unpaired) electrons. The van der Waals surface area contributed by atoms with Gasteiger partial charge in [0.1, 0.15) is 5.82 Å². The minimum Gasteiger partial charge on any atom is -0.481 e. The molecule has 5 nitrogen and oxygen atoms in total. The van der Waals surface area contributed by atoms with E-state index in [9.17, 15) is 4.79 Å². The number of aliphatic carboxylic acids is 1. The van der Waals surface area contributed by atoms with E-state index in [1.165, 1.54) is 31.0 Å². The van der Waals surface area contributed by atoms with Gasteiger partial charge in [0.05, 0.1) is 5.75 Å². The Morgan fingerprint density at radius 1 is 1.33 bits per heavy atom. The Balaban J connectivity index is 2.18. The summed E-state index contributed by atoms with van der Waals surface area (Å²) in [5, 5.41) is 18.2. The molecule has 0 aliphatic heterocycles. The fourth-order valence-electron chi connectivity index (χ4n) is 3.06. The molecule has 0 saturated heterocycles. The van der Waals surface area contributed by atoms with Gasteiger partial charge in [0.15, 0.2) is 5.16 Å². The average molecular weight is 311 g/mol. The number of hydrogen-bond acceptors (Lipinski definition) is 4. The first-order valence-corrected chi connectivity index (χ1v) is 8.80. The van der Waals surface area contributed by atoms with Crippen LogP contribution in [0.5, 0.6) is 0 Å². The molecule has 0 spiro atoms. The summed E-state index contributed by atoms with van der Waals surface area (Å²) in [4.78, 5) is 10.8. The van der Waals surface area contributed by atoms with E-state index in [2.05, 4.69) is 35.5 Å². The summed E-state index contributed by atoms with van der Waals surface area (Å²) in [7, 11) is 0. The zero-order valence-corrected chi connectivity index (χ0v) is 13.9. The molecule has 1 N–H and O–H groups in total. The van der Waals surface area contributed by atoms with Gasteiger partial charge in [-0.1, -0.05) is 39.0 Å². The maximum Gasteiger partial charge on any atom is 0.313 e. The summed E-state index contributed by atoms with van der Waals surface area (Å²) in [5.41, 5.74) is 0. The molecule has 1 saturated carbocycles. The third-order valence-corrected chi connectivity index (χ3v) is 5.22. The monoisotopic (exact) mass is 311 g/mol. The molecule has 1 aliphatic rings. The van der Waals surface area contributed by atoms with Crippen molar-refractivity contribution in [3.05, 3.63) is 5.82 Å².